The maximum atomic E-state index is 13.2. The van der Waals surface area contributed by atoms with E-state index in [1.54, 1.807) is 6.07 Å². The van der Waals surface area contributed by atoms with E-state index < -0.39 is 5.82 Å². The third kappa shape index (κ3) is 3.91. The summed E-state index contributed by atoms with van der Waals surface area (Å²) < 4.78 is 18.8. The number of amidine groups is 1. The smallest absolute Gasteiger partial charge is 0.170 e. The normalized spacial score (nSPS) is 20.1. The number of hydrogen-bond acceptors (Lipinski definition) is 4. The topological polar surface area (TPSA) is 79.9 Å². The quantitative estimate of drug-likeness (QED) is 0.331. The Morgan fingerprint density at radius 2 is 2.35 bits per heavy atom. The number of nitrogens with one attached hydrogen (secondary N) is 1. The van der Waals surface area contributed by atoms with Gasteiger partial charge in [0.25, 0.3) is 0 Å². The van der Waals surface area contributed by atoms with Gasteiger partial charge in [-0.15, -0.1) is 0 Å². The second kappa shape index (κ2) is 7.21. The first-order valence-electron chi connectivity index (χ1n) is 6.79. The highest BCUT2D eigenvalue weighted by Gasteiger charge is 2.14. The second-order valence-corrected chi connectivity index (χ2v) is 4.91. The molecule has 1 atom stereocenters. The van der Waals surface area contributed by atoms with Gasteiger partial charge in [-0.1, -0.05) is 11.2 Å². The molecule has 0 radical (unpaired) electrons. The second-order valence-electron chi connectivity index (χ2n) is 4.91. The number of rotatable bonds is 5. The molecule has 0 spiro atoms. The molecule has 0 saturated carbocycles. The van der Waals surface area contributed by atoms with Crippen molar-refractivity contribution in [3.63, 3.8) is 0 Å². The van der Waals surface area contributed by atoms with Gasteiger partial charge in [0.2, 0.25) is 0 Å². The number of benzene rings is 1. The van der Waals surface area contributed by atoms with E-state index in [0.29, 0.717) is 12.1 Å². The Kier molecular flexibility index (Phi) is 5.31. The van der Waals surface area contributed by atoms with Gasteiger partial charge in [0.1, 0.15) is 5.82 Å². The lowest BCUT2D eigenvalue weighted by Gasteiger charge is -2.23. The molecule has 0 aromatic heterocycles. The van der Waals surface area contributed by atoms with E-state index in [4.69, 9.17) is 15.7 Å². The molecule has 1 aliphatic heterocycles. The minimum atomic E-state index is -0.411. The highest BCUT2D eigenvalue weighted by molar-refractivity contribution is 5.98. The third-order valence-corrected chi connectivity index (χ3v) is 3.42. The Labute approximate surface area is 117 Å². The van der Waals surface area contributed by atoms with Crippen molar-refractivity contribution in [3.8, 4) is 0 Å². The molecule has 1 unspecified atom stereocenters. The summed E-state index contributed by atoms with van der Waals surface area (Å²) >= 11 is 0. The molecule has 1 aromatic rings. The molecule has 1 aromatic carbocycles. The van der Waals surface area contributed by atoms with Crippen LogP contribution in [0.2, 0.25) is 0 Å². The van der Waals surface area contributed by atoms with Gasteiger partial charge in [-0.3, -0.25) is 0 Å². The van der Waals surface area contributed by atoms with Crippen molar-refractivity contribution >= 4 is 5.84 Å². The van der Waals surface area contributed by atoms with Crippen LogP contribution in [0.5, 0.6) is 0 Å². The molecule has 110 valence electrons. The van der Waals surface area contributed by atoms with Crippen LogP contribution in [0.15, 0.2) is 23.4 Å². The zero-order valence-corrected chi connectivity index (χ0v) is 11.3. The number of nitrogens with zero attached hydrogens (tertiary/aromatic N) is 1. The molecule has 1 saturated heterocycles. The Balaban J connectivity index is 1.94. The minimum absolute atomic E-state index is 0.0878. The van der Waals surface area contributed by atoms with Crippen molar-refractivity contribution in [1.29, 1.82) is 0 Å². The summed E-state index contributed by atoms with van der Waals surface area (Å²) in [4.78, 5) is 0. The predicted molar refractivity (Wildman–Crippen MR) is 74.2 cm³/mol. The van der Waals surface area contributed by atoms with Gasteiger partial charge >= 0.3 is 0 Å². The molecule has 4 N–H and O–H groups in total. The monoisotopic (exact) mass is 281 g/mol. The zero-order valence-electron chi connectivity index (χ0n) is 11.3. The highest BCUT2D eigenvalue weighted by Crippen LogP contribution is 2.13. The number of halogens is 1. The average molecular weight is 281 g/mol. The Morgan fingerprint density at radius 3 is 3.05 bits per heavy atom. The summed E-state index contributed by atoms with van der Waals surface area (Å²) in [5.74, 6) is -0.499. The molecule has 0 amide bonds. The summed E-state index contributed by atoms with van der Waals surface area (Å²) in [5, 5.41) is 14.9. The van der Waals surface area contributed by atoms with Gasteiger partial charge in [0.15, 0.2) is 5.84 Å². The van der Waals surface area contributed by atoms with Gasteiger partial charge in [0, 0.05) is 25.3 Å². The molecule has 2 rings (SSSR count). The van der Waals surface area contributed by atoms with Crippen molar-refractivity contribution in [2.24, 2.45) is 10.9 Å². The standard InChI is InChI=1S/C14H20FN3O2/c15-11-5-4-10(13(7-11)14(16)18-19)8-17-9-12-3-1-2-6-20-12/h4-5,7,12,17,19H,1-3,6,8-9H2,(H2,16,18). The largest absolute Gasteiger partial charge is 0.409 e. The SMILES string of the molecule is NC(=NO)c1cc(F)ccc1CNCC1CCCCO1. The summed E-state index contributed by atoms with van der Waals surface area (Å²) in [5.41, 5.74) is 6.76. The number of hydrogen-bond donors (Lipinski definition) is 3. The van der Waals surface area contributed by atoms with Gasteiger partial charge in [-0.2, -0.15) is 0 Å². The van der Waals surface area contributed by atoms with Crippen LogP contribution in [0.1, 0.15) is 30.4 Å². The predicted octanol–water partition coefficient (Wildman–Crippen LogP) is 1.58. The van der Waals surface area contributed by atoms with E-state index in [2.05, 4.69) is 10.5 Å². The van der Waals surface area contributed by atoms with Crippen LogP contribution >= 0.6 is 0 Å². The van der Waals surface area contributed by atoms with Gasteiger partial charge in [-0.05, 0) is 37.0 Å². The van der Waals surface area contributed by atoms with Crippen molar-refractivity contribution in [2.75, 3.05) is 13.2 Å². The minimum Gasteiger partial charge on any atom is -0.409 e. The van der Waals surface area contributed by atoms with Crippen molar-refractivity contribution in [3.05, 3.63) is 35.1 Å². The van der Waals surface area contributed by atoms with Crippen LogP contribution < -0.4 is 11.1 Å². The Morgan fingerprint density at radius 1 is 1.50 bits per heavy atom. The highest BCUT2D eigenvalue weighted by atomic mass is 19.1. The molecule has 1 aliphatic rings. The molecule has 20 heavy (non-hydrogen) atoms. The fourth-order valence-corrected chi connectivity index (χ4v) is 2.33. The molecule has 5 nitrogen and oxygen atoms in total. The van der Waals surface area contributed by atoms with Crippen molar-refractivity contribution in [2.45, 2.75) is 31.9 Å². The van der Waals surface area contributed by atoms with Crippen LogP contribution in [0, 0.1) is 5.82 Å². The van der Waals surface area contributed by atoms with Gasteiger partial charge < -0.3 is 21.0 Å². The van der Waals surface area contributed by atoms with Crippen LogP contribution in [-0.2, 0) is 11.3 Å². The van der Waals surface area contributed by atoms with Gasteiger partial charge in [-0.25, -0.2) is 4.39 Å². The van der Waals surface area contributed by atoms with E-state index in [9.17, 15) is 4.39 Å². The van der Waals surface area contributed by atoms with E-state index in [0.717, 1.165) is 31.6 Å². The van der Waals surface area contributed by atoms with Crippen molar-refractivity contribution < 1.29 is 14.3 Å². The van der Waals surface area contributed by atoms with E-state index in [1.165, 1.54) is 18.6 Å². The molecular formula is C14H20FN3O2. The number of ether oxygens (including phenoxy) is 1. The van der Waals surface area contributed by atoms with Crippen LogP contribution in [-0.4, -0.2) is 30.3 Å². The van der Waals surface area contributed by atoms with Gasteiger partial charge in [0.05, 0.1) is 6.10 Å². The average Bonchev–Trinajstić information content (AvgIpc) is 2.49. The first kappa shape index (κ1) is 14.7. The summed E-state index contributed by atoms with van der Waals surface area (Å²) in [6, 6.07) is 4.27. The first-order valence-corrected chi connectivity index (χ1v) is 6.79. The molecule has 0 bridgehead atoms. The summed E-state index contributed by atoms with van der Waals surface area (Å²) in [6.07, 6.45) is 3.61. The molecule has 1 heterocycles. The molecule has 1 fully saturated rings. The lowest BCUT2D eigenvalue weighted by atomic mass is 10.1. The van der Waals surface area contributed by atoms with Crippen LogP contribution in [0.4, 0.5) is 4.39 Å². The fraction of sp³-hybridized carbons (Fsp3) is 0.500. The van der Waals surface area contributed by atoms with Crippen LogP contribution in [0.25, 0.3) is 0 Å². The number of oxime groups is 1. The molecule has 6 heteroatoms. The Bertz CT molecular complexity index is 473. The maximum Gasteiger partial charge on any atom is 0.170 e. The lowest BCUT2D eigenvalue weighted by molar-refractivity contribution is 0.0168. The molecule has 0 aliphatic carbocycles. The third-order valence-electron chi connectivity index (χ3n) is 3.42. The van der Waals surface area contributed by atoms with E-state index >= 15 is 0 Å². The zero-order chi connectivity index (χ0) is 14.4. The van der Waals surface area contributed by atoms with Crippen molar-refractivity contribution in [1.82, 2.24) is 5.32 Å². The summed E-state index contributed by atoms with van der Waals surface area (Å²) in [7, 11) is 0. The van der Waals surface area contributed by atoms with Crippen LogP contribution in [0.3, 0.4) is 0 Å². The maximum absolute atomic E-state index is 13.2. The number of nitrogens with two attached hydrogens (primary N) is 1. The molecular weight excluding hydrogens is 261 g/mol. The van der Waals surface area contributed by atoms with E-state index in [-0.39, 0.29) is 11.9 Å². The first-order chi connectivity index (χ1) is 9.70. The van der Waals surface area contributed by atoms with E-state index in [1.807, 2.05) is 0 Å². The Hall–Kier alpha value is -1.66. The fourth-order valence-electron chi connectivity index (χ4n) is 2.33. The lowest BCUT2D eigenvalue weighted by Crippen LogP contribution is -2.32. The summed E-state index contributed by atoms with van der Waals surface area (Å²) in [6.45, 7) is 2.08.